The van der Waals surface area contributed by atoms with Gasteiger partial charge in [-0.15, -0.1) is 0 Å². The minimum Gasteiger partial charge on any atom is -0.389 e. The van der Waals surface area contributed by atoms with E-state index in [1.807, 2.05) is 0 Å². The Hall–Kier alpha value is -2.02. The van der Waals surface area contributed by atoms with E-state index in [4.69, 9.17) is 18.0 Å². The third kappa shape index (κ3) is 2.77. The molecular weight excluding hydrogens is 282 g/mol. The molecule has 2 rings (SSSR count). The topological polar surface area (TPSA) is 55.9 Å². The van der Waals surface area contributed by atoms with Crippen molar-refractivity contribution in [1.82, 2.24) is 9.78 Å². The molecule has 1 aromatic carbocycles. The molecule has 0 bridgehead atoms. The summed E-state index contributed by atoms with van der Waals surface area (Å²) in [5.74, 6) is -1.09. The molecule has 0 aliphatic heterocycles. The number of benzene rings is 1. The van der Waals surface area contributed by atoms with Crippen LogP contribution in [0.15, 0.2) is 18.2 Å². The van der Waals surface area contributed by atoms with Gasteiger partial charge in [0.1, 0.15) is 10.8 Å². The molecule has 2 aromatic rings. The highest BCUT2D eigenvalue weighted by molar-refractivity contribution is 7.80. The van der Waals surface area contributed by atoms with Gasteiger partial charge in [-0.1, -0.05) is 18.3 Å². The third-order valence-corrected chi connectivity index (χ3v) is 3.12. The van der Waals surface area contributed by atoms with E-state index in [0.717, 1.165) is 12.1 Å². The molecule has 3 N–H and O–H groups in total. The Balaban J connectivity index is 2.22. The zero-order valence-corrected chi connectivity index (χ0v) is 11.9. The molecule has 0 aliphatic rings. The van der Waals surface area contributed by atoms with Crippen LogP contribution >= 0.6 is 12.2 Å². The maximum atomic E-state index is 13.1. The van der Waals surface area contributed by atoms with Gasteiger partial charge in [0.2, 0.25) is 0 Å². The van der Waals surface area contributed by atoms with E-state index in [1.54, 1.807) is 18.7 Å². The van der Waals surface area contributed by atoms with Gasteiger partial charge in [0.15, 0.2) is 11.6 Å². The number of hydrogen-bond donors (Lipinski definition) is 2. The summed E-state index contributed by atoms with van der Waals surface area (Å²) in [6, 6.07) is 3.75. The largest absolute Gasteiger partial charge is 0.389 e. The average molecular weight is 296 g/mol. The summed E-state index contributed by atoms with van der Waals surface area (Å²) in [5.41, 5.74) is 7.65. The van der Waals surface area contributed by atoms with Gasteiger partial charge in [-0.2, -0.15) is 5.10 Å². The van der Waals surface area contributed by atoms with E-state index in [1.165, 1.54) is 6.07 Å². The molecule has 0 aliphatic carbocycles. The average Bonchev–Trinajstić information content (AvgIpc) is 2.65. The second-order valence-electron chi connectivity index (χ2n) is 4.40. The van der Waals surface area contributed by atoms with Gasteiger partial charge in [0, 0.05) is 13.6 Å². The monoisotopic (exact) mass is 296 g/mol. The first-order valence-corrected chi connectivity index (χ1v) is 6.32. The molecule has 20 heavy (non-hydrogen) atoms. The van der Waals surface area contributed by atoms with Crippen LogP contribution < -0.4 is 11.1 Å². The van der Waals surface area contributed by atoms with Crippen molar-refractivity contribution < 1.29 is 8.78 Å². The maximum Gasteiger partial charge on any atom is 0.159 e. The first-order valence-electron chi connectivity index (χ1n) is 5.91. The van der Waals surface area contributed by atoms with Crippen molar-refractivity contribution in [2.75, 3.05) is 5.32 Å². The van der Waals surface area contributed by atoms with Crippen LogP contribution in [0.25, 0.3) is 0 Å². The fourth-order valence-electron chi connectivity index (χ4n) is 1.99. The number of halogens is 2. The Morgan fingerprint density at radius 2 is 2.10 bits per heavy atom. The van der Waals surface area contributed by atoms with Crippen molar-refractivity contribution in [2.24, 2.45) is 12.8 Å². The van der Waals surface area contributed by atoms with Crippen LogP contribution in [0.4, 0.5) is 14.6 Å². The Labute approximate surface area is 120 Å². The van der Waals surface area contributed by atoms with Crippen LogP contribution in [0.1, 0.15) is 16.8 Å². The van der Waals surface area contributed by atoms with Gasteiger partial charge in [0.05, 0.1) is 11.3 Å². The van der Waals surface area contributed by atoms with E-state index in [-0.39, 0.29) is 4.99 Å². The van der Waals surface area contributed by atoms with Gasteiger partial charge < -0.3 is 11.1 Å². The summed E-state index contributed by atoms with van der Waals surface area (Å²) < 4.78 is 27.6. The first kappa shape index (κ1) is 14.4. The van der Waals surface area contributed by atoms with Gasteiger partial charge in [-0.3, -0.25) is 4.68 Å². The van der Waals surface area contributed by atoms with Crippen molar-refractivity contribution in [3.8, 4) is 0 Å². The molecule has 0 atom stereocenters. The molecule has 0 amide bonds. The highest BCUT2D eigenvalue weighted by atomic mass is 32.1. The Morgan fingerprint density at radius 3 is 2.70 bits per heavy atom. The SMILES string of the molecule is Cc1nn(C)c(NCc2ccc(F)c(F)c2)c1C(N)=S. The molecule has 0 spiro atoms. The number of hydrogen-bond acceptors (Lipinski definition) is 3. The van der Waals surface area contributed by atoms with Gasteiger partial charge >= 0.3 is 0 Å². The van der Waals surface area contributed by atoms with Crippen molar-refractivity contribution in [3.05, 3.63) is 46.7 Å². The quantitative estimate of drug-likeness (QED) is 0.850. The number of nitrogens with two attached hydrogens (primary N) is 1. The van der Waals surface area contributed by atoms with Crippen molar-refractivity contribution in [2.45, 2.75) is 13.5 Å². The number of aryl methyl sites for hydroxylation is 2. The van der Waals surface area contributed by atoms with Crippen LogP contribution in [-0.2, 0) is 13.6 Å². The van der Waals surface area contributed by atoms with Crippen LogP contribution in [0.3, 0.4) is 0 Å². The van der Waals surface area contributed by atoms with E-state index >= 15 is 0 Å². The molecule has 0 saturated carbocycles. The maximum absolute atomic E-state index is 13.1. The predicted octanol–water partition coefficient (Wildman–Crippen LogP) is 2.25. The summed E-state index contributed by atoms with van der Waals surface area (Å²) in [6.07, 6.45) is 0. The fourth-order valence-corrected chi connectivity index (χ4v) is 2.24. The molecule has 7 heteroatoms. The van der Waals surface area contributed by atoms with Crippen LogP contribution in [0.5, 0.6) is 0 Å². The summed E-state index contributed by atoms with van der Waals surface area (Å²) in [7, 11) is 1.75. The Bertz CT molecular complexity index is 667. The predicted molar refractivity (Wildman–Crippen MR) is 77.5 cm³/mol. The molecule has 4 nitrogen and oxygen atoms in total. The van der Waals surface area contributed by atoms with Gasteiger partial charge in [0.25, 0.3) is 0 Å². The lowest BCUT2D eigenvalue weighted by Crippen LogP contribution is -2.14. The summed E-state index contributed by atoms with van der Waals surface area (Å²) >= 11 is 4.99. The van der Waals surface area contributed by atoms with E-state index in [2.05, 4.69) is 10.4 Å². The molecule has 0 radical (unpaired) electrons. The number of aromatic nitrogens is 2. The minimum atomic E-state index is -0.875. The molecular formula is C13H14F2N4S. The minimum absolute atomic E-state index is 0.239. The van der Waals surface area contributed by atoms with E-state index < -0.39 is 11.6 Å². The zero-order valence-electron chi connectivity index (χ0n) is 11.1. The summed E-state index contributed by atoms with van der Waals surface area (Å²) in [4.78, 5) is 0.239. The van der Waals surface area contributed by atoms with E-state index in [0.29, 0.717) is 29.2 Å². The molecule has 0 fully saturated rings. The fraction of sp³-hybridized carbons (Fsp3) is 0.231. The van der Waals surface area contributed by atoms with Gasteiger partial charge in [-0.25, -0.2) is 8.78 Å². The van der Waals surface area contributed by atoms with Crippen LogP contribution in [0, 0.1) is 18.6 Å². The number of rotatable bonds is 4. The highest BCUT2D eigenvalue weighted by Gasteiger charge is 2.15. The molecule has 106 valence electrons. The number of nitrogens with one attached hydrogen (secondary N) is 1. The van der Waals surface area contributed by atoms with E-state index in [9.17, 15) is 8.78 Å². The smallest absolute Gasteiger partial charge is 0.159 e. The summed E-state index contributed by atoms with van der Waals surface area (Å²) in [6.45, 7) is 2.11. The lowest BCUT2D eigenvalue weighted by Gasteiger charge is -2.09. The van der Waals surface area contributed by atoms with Gasteiger partial charge in [-0.05, 0) is 24.6 Å². The van der Waals surface area contributed by atoms with Crippen molar-refractivity contribution in [3.63, 3.8) is 0 Å². The standard InChI is InChI=1S/C13H14F2N4S/c1-7-11(12(16)20)13(19(2)18-7)17-6-8-3-4-9(14)10(15)5-8/h3-5,17H,6H2,1-2H3,(H2,16,20). The Kier molecular flexibility index (Phi) is 3.99. The molecule has 0 unspecified atom stereocenters. The first-order chi connectivity index (χ1) is 9.40. The van der Waals surface area contributed by atoms with Crippen LogP contribution in [-0.4, -0.2) is 14.8 Å². The van der Waals surface area contributed by atoms with Crippen molar-refractivity contribution >= 4 is 23.0 Å². The second kappa shape index (κ2) is 5.54. The molecule has 0 saturated heterocycles. The van der Waals surface area contributed by atoms with Crippen molar-refractivity contribution in [1.29, 1.82) is 0 Å². The normalized spacial score (nSPS) is 10.6. The third-order valence-electron chi connectivity index (χ3n) is 2.91. The molecule has 1 aromatic heterocycles. The van der Waals surface area contributed by atoms with Crippen LogP contribution in [0.2, 0.25) is 0 Å². The summed E-state index contributed by atoms with van der Waals surface area (Å²) in [5, 5.41) is 7.32. The lowest BCUT2D eigenvalue weighted by atomic mass is 10.2. The number of thiocarbonyl (C=S) groups is 1. The second-order valence-corrected chi connectivity index (χ2v) is 4.84. The number of nitrogens with zero attached hydrogens (tertiary/aromatic N) is 2. The lowest BCUT2D eigenvalue weighted by molar-refractivity contribution is 0.507. The zero-order chi connectivity index (χ0) is 14.9. The molecule has 1 heterocycles. The Morgan fingerprint density at radius 1 is 1.40 bits per heavy atom. The highest BCUT2D eigenvalue weighted by Crippen LogP contribution is 2.19. The number of anilines is 1.